The second kappa shape index (κ2) is 21.9. The largest absolute Gasteiger partial charge is 0.397 e. The molecule has 0 saturated carbocycles. The minimum absolute atomic E-state index is 0.0694. The third kappa shape index (κ3) is 29.6. The molecule has 0 aromatic carbocycles. The van der Waals surface area contributed by atoms with Gasteiger partial charge >= 0.3 is 0 Å². The fourth-order valence-electron chi connectivity index (χ4n) is 0.760. The van der Waals surface area contributed by atoms with Crippen molar-refractivity contribution in [3.63, 3.8) is 0 Å². The lowest BCUT2D eigenvalue weighted by Gasteiger charge is -2.17. The summed E-state index contributed by atoms with van der Waals surface area (Å²) in [5.74, 6) is 0. The lowest BCUT2D eigenvalue weighted by molar-refractivity contribution is 0.110. The lowest BCUT2D eigenvalue weighted by atomic mass is 10.4. The van der Waals surface area contributed by atoms with Crippen molar-refractivity contribution >= 4 is 0 Å². The quantitative estimate of drug-likeness (QED) is 0.305. The van der Waals surface area contributed by atoms with Crippen molar-refractivity contribution in [2.75, 3.05) is 52.7 Å². The van der Waals surface area contributed by atoms with E-state index in [9.17, 15) is 0 Å². The van der Waals surface area contributed by atoms with Gasteiger partial charge in [-0.2, -0.15) is 0 Å². The highest BCUT2D eigenvalue weighted by Crippen LogP contribution is 1.84. The van der Waals surface area contributed by atoms with Crippen LogP contribution in [0.5, 0.6) is 0 Å². The number of hydrogen-bond donors (Lipinski definition) is 6. The molecule has 0 aromatic heterocycles. The maximum absolute atomic E-state index is 8.48. The summed E-state index contributed by atoms with van der Waals surface area (Å²) in [6, 6.07) is 0. The monoisotopic (exact) mass is 271 g/mol. The maximum atomic E-state index is 8.48. The topological polar surface area (TPSA) is 125 Å². The van der Waals surface area contributed by atoms with Gasteiger partial charge in [0, 0.05) is 26.2 Å². The van der Waals surface area contributed by atoms with Gasteiger partial charge in [0.25, 0.3) is 0 Å². The van der Waals surface area contributed by atoms with Gasteiger partial charge in [0.2, 0.25) is 0 Å². The smallest absolute Gasteiger partial charge is 0.0742 e. The molecule has 0 rings (SSSR count). The van der Waals surface area contributed by atoms with Gasteiger partial charge in [0.05, 0.1) is 32.5 Å². The predicted molar refractivity (Wildman–Crippen MR) is 69.2 cm³/mol. The maximum Gasteiger partial charge on any atom is 0.0742 e. The molecule has 0 spiro atoms. The Kier molecular flexibility index (Phi) is 27.9. The van der Waals surface area contributed by atoms with Gasteiger partial charge < -0.3 is 30.6 Å². The Bertz CT molecular complexity index is 112. The number of rotatable bonds is 7. The molecule has 1 atom stereocenters. The standard InChI is InChI=1S/C6H15NO3.C3H8O2.C2H6O/c8-4-1-7(2-5-9)3-6-10;1-3(5)2-4;1-2-3/h8-10H,1-6H2;3-5H,2H2,1H3;3H,2H2,1H3. The van der Waals surface area contributed by atoms with Gasteiger partial charge in [-0.1, -0.05) is 0 Å². The molecule has 0 aliphatic heterocycles. The van der Waals surface area contributed by atoms with Crippen molar-refractivity contribution in [3.05, 3.63) is 0 Å². The fraction of sp³-hybridized carbons (Fsp3) is 1.00. The molecule has 0 radical (unpaired) electrons. The molecule has 114 valence electrons. The highest BCUT2D eigenvalue weighted by molar-refractivity contribution is 4.54. The molecule has 6 N–H and O–H groups in total. The van der Waals surface area contributed by atoms with Crippen LogP contribution in [0.3, 0.4) is 0 Å². The van der Waals surface area contributed by atoms with Crippen molar-refractivity contribution in [1.29, 1.82) is 0 Å². The molecule has 1 unspecified atom stereocenters. The van der Waals surface area contributed by atoms with Gasteiger partial charge in [-0.05, 0) is 13.8 Å². The minimum Gasteiger partial charge on any atom is -0.397 e. The first kappa shape index (κ1) is 22.9. The van der Waals surface area contributed by atoms with E-state index in [4.69, 9.17) is 30.6 Å². The Morgan fingerprint density at radius 3 is 1.17 bits per heavy atom. The van der Waals surface area contributed by atoms with Crippen molar-refractivity contribution in [2.24, 2.45) is 0 Å². The molecule has 0 aromatic rings. The first-order valence-corrected chi connectivity index (χ1v) is 5.98. The Labute approximate surface area is 109 Å². The van der Waals surface area contributed by atoms with Gasteiger partial charge in [-0.3, -0.25) is 4.90 Å². The molecule has 18 heavy (non-hydrogen) atoms. The molecule has 0 bridgehead atoms. The number of nitrogens with zero attached hydrogens (tertiary/aromatic N) is 1. The van der Waals surface area contributed by atoms with E-state index in [-0.39, 0.29) is 33.0 Å². The Morgan fingerprint density at radius 2 is 1.06 bits per heavy atom. The van der Waals surface area contributed by atoms with Crippen LogP contribution in [0.1, 0.15) is 13.8 Å². The van der Waals surface area contributed by atoms with Crippen molar-refractivity contribution in [1.82, 2.24) is 4.90 Å². The summed E-state index contributed by atoms with van der Waals surface area (Å²) in [6.07, 6.45) is -0.560. The van der Waals surface area contributed by atoms with Crippen LogP contribution in [0.15, 0.2) is 0 Å². The highest BCUT2D eigenvalue weighted by Gasteiger charge is 2.00. The normalized spacial score (nSPS) is 11.2. The van der Waals surface area contributed by atoms with Gasteiger partial charge in [-0.15, -0.1) is 0 Å². The summed E-state index contributed by atoms with van der Waals surface area (Å²) in [5.41, 5.74) is 0. The van der Waals surface area contributed by atoms with Crippen molar-refractivity contribution < 1.29 is 30.6 Å². The first-order valence-electron chi connectivity index (χ1n) is 5.98. The van der Waals surface area contributed by atoms with Gasteiger partial charge in [-0.25, -0.2) is 0 Å². The van der Waals surface area contributed by atoms with E-state index in [0.29, 0.717) is 19.6 Å². The Morgan fingerprint density at radius 1 is 0.833 bits per heavy atom. The van der Waals surface area contributed by atoms with Crippen LogP contribution >= 0.6 is 0 Å². The summed E-state index contributed by atoms with van der Waals surface area (Å²) in [4.78, 5) is 1.79. The van der Waals surface area contributed by atoms with E-state index in [0.717, 1.165) is 0 Å². The SMILES string of the molecule is CC(O)CO.CCO.OCCN(CCO)CCO. The van der Waals surface area contributed by atoms with Crippen LogP contribution in [0.25, 0.3) is 0 Å². The van der Waals surface area contributed by atoms with Crippen molar-refractivity contribution in [2.45, 2.75) is 20.0 Å². The second-order valence-corrected chi connectivity index (χ2v) is 3.36. The number of aliphatic hydroxyl groups excluding tert-OH is 6. The second-order valence-electron chi connectivity index (χ2n) is 3.36. The molecular weight excluding hydrogens is 242 g/mol. The fourth-order valence-corrected chi connectivity index (χ4v) is 0.760. The molecule has 0 amide bonds. The molecule has 0 saturated heterocycles. The zero-order valence-electron chi connectivity index (χ0n) is 11.4. The van der Waals surface area contributed by atoms with Crippen LogP contribution in [-0.4, -0.2) is 94.3 Å². The first-order chi connectivity index (χ1) is 8.53. The van der Waals surface area contributed by atoms with Gasteiger partial charge in [0.15, 0.2) is 0 Å². The third-order valence-electron chi connectivity index (χ3n) is 1.51. The lowest BCUT2D eigenvalue weighted by Crippen LogP contribution is -2.32. The van der Waals surface area contributed by atoms with E-state index in [1.54, 1.807) is 11.8 Å². The van der Waals surface area contributed by atoms with Crippen LogP contribution in [0, 0.1) is 0 Å². The van der Waals surface area contributed by atoms with Crippen molar-refractivity contribution in [3.8, 4) is 0 Å². The van der Waals surface area contributed by atoms with Crippen LogP contribution in [-0.2, 0) is 0 Å². The average Bonchev–Trinajstić information content (AvgIpc) is 2.32. The third-order valence-corrected chi connectivity index (χ3v) is 1.51. The molecule has 7 nitrogen and oxygen atoms in total. The van der Waals surface area contributed by atoms with E-state index in [2.05, 4.69) is 0 Å². The summed E-state index contributed by atoms with van der Waals surface area (Å²) in [7, 11) is 0. The Balaban J connectivity index is -0.000000235. The summed E-state index contributed by atoms with van der Waals surface area (Å²) in [5, 5.41) is 49.0. The zero-order valence-corrected chi connectivity index (χ0v) is 11.4. The van der Waals surface area contributed by atoms with Crippen LogP contribution in [0.2, 0.25) is 0 Å². The molecular formula is C11H29NO6. The molecule has 0 heterocycles. The predicted octanol–water partition coefficient (Wildman–Crippen LogP) is -2.38. The summed E-state index contributed by atoms with van der Waals surface area (Å²) >= 11 is 0. The van der Waals surface area contributed by atoms with E-state index in [1.165, 1.54) is 6.92 Å². The molecule has 0 fully saturated rings. The molecule has 7 heteroatoms. The van der Waals surface area contributed by atoms with E-state index >= 15 is 0 Å². The summed E-state index contributed by atoms with van der Waals surface area (Å²) in [6.45, 7) is 5.07. The van der Waals surface area contributed by atoms with Crippen LogP contribution in [0.4, 0.5) is 0 Å². The van der Waals surface area contributed by atoms with Gasteiger partial charge in [0.1, 0.15) is 0 Å². The number of hydrogen-bond acceptors (Lipinski definition) is 7. The number of aliphatic hydroxyl groups is 6. The molecule has 0 aliphatic rings. The summed E-state index contributed by atoms with van der Waals surface area (Å²) < 4.78 is 0. The Hall–Kier alpha value is -0.280. The van der Waals surface area contributed by atoms with E-state index in [1.807, 2.05) is 0 Å². The average molecular weight is 271 g/mol. The highest BCUT2D eigenvalue weighted by atomic mass is 16.3. The minimum atomic E-state index is -0.560. The zero-order chi connectivity index (χ0) is 14.8. The molecule has 0 aliphatic carbocycles. The van der Waals surface area contributed by atoms with Crippen LogP contribution < -0.4 is 0 Å². The van der Waals surface area contributed by atoms with E-state index < -0.39 is 6.10 Å².